The Morgan fingerprint density at radius 1 is 0.889 bits per heavy atom. The Morgan fingerprint density at radius 3 is 2.33 bits per heavy atom. The molecule has 1 N–H and O–H groups in total. The number of benzene rings is 2. The predicted octanol–water partition coefficient (Wildman–Crippen LogP) is 4.37. The molecule has 5 heteroatoms. The van der Waals surface area contributed by atoms with Crippen molar-refractivity contribution in [1.82, 2.24) is 0 Å². The van der Waals surface area contributed by atoms with Crippen molar-refractivity contribution >= 4 is 17.3 Å². The fourth-order valence-corrected chi connectivity index (χ4v) is 1.63. The van der Waals surface area contributed by atoms with Crippen molar-refractivity contribution in [2.75, 3.05) is 5.32 Å². The van der Waals surface area contributed by atoms with Crippen molar-refractivity contribution in [2.45, 2.75) is 6.54 Å². The van der Waals surface area contributed by atoms with E-state index in [4.69, 9.17) is 11.6 Å². The fraction of sp³-hybridized carbons (Fsp3) is 0.0769. The van der Waals surface area contributed by atoms with Crippen LogP contribution in [0, 0.1) is 17.5 Å². The smallest absolute Gasteiger partial charge is 0.160 e. The van der Waals surface area contributed by atoms with Gasteiger partial charge in [0.2, 0.25) is 0 Å². The summed E-state index contributed by atoms with van der Waals surface area (Å²) in [5.74, 6) is -2.31. The zero-order valence-electron chi connectivity index (χ0n) is 9.18. The van der Waals surface area contributed by atoms with Gasteiger partial charge in [-0.1, -0.05) is 17.7 Å². The van der Waals surface area contributed by atoms with Crippen LogP contribution >= 0.6 is 11.6 Å². The topological polar surface area (TPSA) is 12.0 Å². The Bertz CT molecular complexity index is 572. The van der Waals surface area contributed by atoms with Crippen LogP contribution in [0.1, 0.15) is 5.56 Å². The predicted molar refractivity (Wildman–Crippen MR) is 65.1 cm³/mol. The lowest BCUT2D eigenvalue weighted by atomic mass is 10.2. The number of hydrogen-bond donors (Lipinski definition) is 1. The molecule has 0 aliphatic carbocycles. The summed E-state index contributed by atoms with van der Waals surface area (Å²) in [6, 6.07) is 7.70. The lowest BCUT2D eigenvalue weighted by Gasteiger charge is -2.08. The van der Waals surface area contributed by atoms with Crippen LogP contribution in [0.2, 0.25) is 5.02 Å². The first kappa shape index (κ1) is 12.8. The van der Waals surface area contributed by atoms with Crippen molar-refractivity contribution in [1.29, 1.82) is 0 Å². The summed E-state index contributed by atoms with van der Waals surface area (Å²) >= 11 is 5.62. The average molecular weight is 272 g/mol. The minimum atomic E-state index is -0.948. The van der Waals surface area contributed by atoms with E-state index in [0.29, 0.717) is 16.3 Å². The number of rotatable bonds is 3. The largest absolute Gasteiger partial charge is 0.381 e. The molecule has 0 spiro atoms. The summed E-state index contributed by atoms with van der Waals surface area (Å²) in [5, 5.41) is 3.11. The van der Waals surface area contributed by atoms with E-state index >= 15 is 0 Å². The van der Waals surface area contributed by atoms with Crippen LogP contribution in [0.15, 0.2) is 36.4 Å². The highest BCUT2D eigenvalue weighted by Gasteiger charge is 2.05. The van der Waals surface area contributed by atoms with Crippen LogP contribution in [0.4, 0.5) is 18.9 Å². The highest BCUT2D eigenvalue weighted by molar-refractivity contribution is 6.30. The molecular formula is C13H9ClF3N. The van der Waals surface area contributed by atoms with E-state index in [1.807, 2.05) is 0 Å². The number of anilines is 1. The third-order valence-electron chi connectivity index (χ3n) is 2.42. The minimum absolute atomic E-state index is 0.161. The van der Waals surface area contributed by atoms with Crippen LogP contribution in [-0.2, 0) is 6.54 Å². The highest BCUT2D eigenvalue weighted by Crippen LogP contribution is 2.17. The summed E-state index contributed by atoms with van der Waals surface area (Å²) in [4.78, 5) is 0. The second-order valence-electron chi connectivity index (χ2n) is 3.72. The molecule has 0 radical (unpaired) electrons. The van der Waals surface area contributed by atoms with E-state index < -0.39 is 17.5 Å². The zero-order valence-corrected chi connectivity index (χ0v) is 9.94. The molecule has 0 saturated carbocycles. The van der Waals surface area contributed by atoms with Crippen LogP contribution in [-0.4, -0.2) is 0 Å². The maximum atomic E-state index is 13.4. The molecule has 18 heavy (non-hydrogen) atoms. The van der Waals surface area contributed by atoms with Gasteiger partial charge in [0, 0.05) is 28.9 Å². The van der Waals surface area contributed by atoms with E-state index in [2.05, 4.69) is 5.32 Å². The molecule has 0 heterocycles. The maximum absolute atomic E-state index is 13.4. The number of hydrogen-bond acceptors (Lipinski definition) is 1. The molecule has 0 atom stereocenters. The van der Waals surface area contributed by atoms with Crippen molar-refractivity contribution in [3.05, 3.63) is 64.4 Å². The summed E-state index contributed by atoms with van der Waals surface area (Å²) in [6.07, 6.45) is 0. The maximum Gasteiger partial charge on any atom is 0.160 e. The van der Waals surface area contributed by atoms with Gasteiger partial charge in [0.05, 0.1) is 0 Å². The molecular weight excluding hydrogens is 263 g/mol. The van der Waals surface area contributed by atoms with Gasteiger partial charge in [0.25, 0.3) is 0 Å². The van der Waals surface area contributed by atoms with E-state index in [1.54, 1.807) is 6.07 Å². The van der Waals surface area contributed by atoms with Gasteiger partial charge < -0.3 is 5.32 Å². The molecule has 2 rings (SSSR count). The number of nitrogens with one attached hydrogen (secondary N) is 1. The first-order chi connectivity index (χ1) is 8.56. The second-order valence-corrected chi connectivity index (χ2v) is 4.15. The van der Waals surface area contributed by atoms with E-state index in [9.17, 15) is 13.2 Å². The van der Waals surface area contributed by atoms with Gasteiger partial charge in [0.15, 0.2) is 11.6 Å². The molecule has 2 aromatic rings. The minimum Gasteiger partial charge on any atom is -0.381 e. The van der Waals surface area contributed by atoms with Gasteiger partial charge in [-0.15, -0.1) is 0 Å². The molecule has 0 bridgehead atoms. The molecule has 0 unspecified atom stereocenters. The molecule has 0 aromatic heterocycles. The van der Waals surface area contributed by atoms with Gasteiger partial charge in [-0.05, 0) is 24.3 Å². The SMILES string of the molecule is Fc1ccc(NCc2ccc(Cl)cc2F)cc1F. The fourth-order valence-electron chi connectivity index (χ4n) is 1.47. The summed E-state index contributed by atoms with van der Waals surface area (Å²) in [6.45, 7) is 0.161. The van der Waals surface area contributed by atoms with Gasteiger partial charge in [-0.2, -0.15) is 0 Å². The number of halogens is 4. The third kappa shape index (κ3) is 2.96. The summed E-state index contributed by atoms with van der Waals surface area (Å²) in [5.41, 5.74) is 0.771. The molecule has 1 nitrogen and oxygen atoms in total. The summed E-state index contributed by atoms with van der Waals surface area (Å²) in [7, 11) is 0. The molecule has 2 aromatic carbocycles. The molecule has 94 valence electrons. The molecule has 0 saturated heterocycles. The van der Waals surface area contributed by atoms with Gasteiger partial charge >= 0.3 is 0 Å². The first-order valence-corrected chi connectivity index (χ1v) is 5.57. The monoisotopic (exact) mass is 271 g/mol. The standard InChI is InChI=1S/C13H9ClF3N/c14-9-2-1-8(12(16)5-9)7-18-10-3-4-11(15)13(17)6-10/h1-6,18H,7H2. The Labute approximate surface area is 107 Å². The van der Waals surface area contributed by atoms with Gasteiger partial charge in [-0.3, -0.25) is 0 Å². The van der Waals surface area contributed by atoms with Crippen molar-refractivity contribution in [3.8, 4) is 0 Å². The lowest BCUT2D eigenvalue weighted by molar-refractivity contribution is 0.509. The zero-order chi connectivity index (χ0) is 13.1. The molecule has 0 aliphatic rings. The van der Waals surface area contributed by atoms with Crippen LogP contribution in [0.25, 0.3) is 0 Å². The van der Waals surface area contributed by atoms with Crippen molar-refractivity contribution in [3.63, 3.8) is 0 Å². The normalized spacial score (nSPS) is 10.4. The van der Waals surface area contributed by atoms with E-state index in [1.165, 1.54) is 18.2 Å². The van der Waals surface area contributed by atoms with Crippen molar-refractivity contribution < 1.29 is 13.2 Å². The Morgan fingerprint density at radius 2 is 1.67 bits per heavy atom. The van der Waals surface area contributed by atoms with Crippen LogP contribution in [0.3, 0.4) is 0 Å². The Kier molecular flexibility index (Phi) is 3.77. The lowest BCUT2D eigenvalue weighted by Crippen LogP contribution is -2.02. The first-order valence-electron chi connectivity index (χ1n) is 5.19. The van der Waals surface area contributed by atoms with Crippen LogP contribution in [0.5, 0.6) is 0 Å². The third-order valence-corrected chi connectivity index (χ3v) is 2.65. The van der Waals surface area contributed by atoms with Crippen LogP contribution < -0.4 is 5.32 Å². The molecule has 0 aliphatic heterocycles. The van der Waals surface area contributed by atoms with Crippen molar-refractivity contribution in [2.24, 2.45) is 0 Å². The molecule has 0 amide bonds. The quantitative estimate of drug-likeness (QED) is 0.874. The van der Waals surface area contributed by atoms with Gasteiger partial charge in [0.1, 0.15) is 5.82 Å². The summed E-state index contributed by atoms with van der Waals surface area (Å²) < 4.78 is 39.1. The van der Waals surface area contributed by atoms with E-state index in [0.717, 1.165) is 12.1 Å². The van der Waals surface area contributed by atoms with E-state index in [-0.39, 0.29) is 6.54 Å². The Balaban J connectivity index is 2.09. The Hall–Kier alpha value is -1.68. The highest BCUT2D eigenvalue weighted by atomic mass is 35.5. The molecule has 0 fully saturated rings. The average Bonchev–Trinajstić information content (AvgIpc) is 2.32. The second kappa shape index (κ2) is 5.31. The van der Waals surface area contributed by atoms with Gasteiger partial charge in [-0.25, -0.2) is 13.2 Å².